The van der Waals surface area contributed by atoms with E-state index in [1.54, 1.807) is 41.8 Å². The first kappa shape index (κ1) is 58.1. The molecule has 4 aliphatic heterocycles. The van der Waals surface area contributed by atoms with Crippen molar-refractivity contribution in [2.75, 3.05) is 99.8 Å². The molecule has 2 aromatic carbocycles. The number of aromatic nitrogens is 6. The average Bonchev–Trinajstić information content (AvgIpc) is 4.07. The van der Waals surface area contributed by atoms with Crippen molar-refractivity contribution in [2.45, 2.75) is 57.7 Å². The van der Waals surface area contributed by atoms with Crippen LogP contribution >= 0.6 is 12.4 Å². The number of nitrogens with two attached hydrogens (primary N) is 1. The fourth-order valence-corrected chi connectivity index (χ4v) is 8.96. The molecule has 3 N–H and O–H groups in total. The predicted molar refractivity (Wildman–Crippen MR) is 277 cm³/mol. The summed E-state index contributed by atoms with van der Waals surface area (Å²) in [5.74, 6) is 0.499. The van der Waals surface area contributed by atoms with Gasteiger partial charge in [0.2, 0.25) is 0 Å². The Balaban J connectivity index is 0.000000195. The summed E-state index contributed by atoms with van der Waals surface area (Å²) in [6.45, 7) is 8.28. The van der Waals surface area contributed by atoms with Crippen LogP contribution in [0, 0.1) is 25.5 Å². The Morgan fingerprint density at radius 1 is 0.623 bits per heavy atom. The van der Waals surface area contributed by atoms with Crippen molar-refractivity contribution in [1.29, 1.82) is 0 Å². The number of anilines is 4. The van der Waals surface area contributed by atoms with Gasteiger partial charge in [0.05, 0.1) is 74.7 Å². The molecular weight excluding hydrogens is 1050 g/mol. The number of nitrogens with zero attached hydrogens (tertiary/aromatic N) is 9. The summed E-state index contributed by atoms with van der Waals surface area (Å²) in [6.07, 6.45) is -3.56. The molecule has 2 amide bonds. The van der Waals surface area contributed by atoms with Crippen molar-refractivity contribution in [2.24, 2.45) is 14.1 Å². The molecule has 0 spiro atoms. The number of carbonyl (C=O) groups excluding carboxylic acids is 1. The van der Waals surface area contributed by atoms with Crippen LogP contribution in [0.5, 0.6) is 0 Å². The molecule has 6 aromatic rings. The number of ether oxygens (including phenoxy) is 4. The molecule has 25 heteroatoms. The predicted octanol–water partition coefficient (Wildman–Crippen LogP) is 9.78. The highest BCUT2D eigenvalue weighted by Gasteiger charge is 2.44. The van der Waals surface area contributed by atoms with Crippen molar-refractivity contribution in [3.8, 4) is 44.8 Å². The van der Waals surface area contributed by atoms with E-state index in [-0.39, 0.29) is 50.0 Å². The van der Waals surface area contributed by atoms with Gasteiger partial charge in [0.15, 0.2) is 12.2 Å². The number of pyridine rings is 2. The maximum atomic E-state index is 15.0. The van der Waals surface area contributed by atoms with Gasteiger partial charge < -0.3 is 44.7 Å². The number of rotatable bonds is 7. The molecule has 0 saturated carbocycles. The van der Waals surface area contributed by atoms with E-state index < -0.39 is 48.8 Å². The van der Waals surface area contributed by atoms with Gasteiger partial charge in [0.25, 0.3) is 0 Å². The van der Waals surface area contributed by atoms with Crippen LogP contribution in [0.15, 0.2) is 73.3 Å². The monoisotopic (exact) mass is 1110 g/mol. The molecule has 4 aromatic heterocycles. The van der Waals surface area contributed by atoms with Crippen molar-refractivity contribution in [3.63, 3.8) is 0 Å². The molecule has 16 nitrogen and oxygen atoms in total. The van der Waals surface area contributed by atoms with Gasteiger partial charge in [-0.15, -0.1) is 12.4 Å². The van der Waals surface area contributed by atoms with Crippen molar-refractivity contribution in [1.82, 2.24) is 34.4 Å². The number of morpholine rings is 3. The number of amides is 2. The van der Waals surface area contributed by atoms with Gasteiger partial charge in [-0.05, 0) is 115 Å². The Labute approximate surface area is 445 Å². The molecule has 416 valence electrons. The normalized spacial score (nSPS) is 18.1. The number of benzene rings is 2. The molecule has 77 heavy (non-hydrogen) atoms. The van der Waals surface area contributed by atoms with Gasteiger partial charge in [-0.3, -0.25) is 9.36 Å². The minimum atomic E-state index is -4.60. The molecule has 2 atom stereocenters. The molecule has 8 heterocycles. The SMILES string of the molecule is Cc1cc(F)c(N)cc1-c1cc(-c2cnn(C)c2)nc(N2CCOCC2)c1.Cc1cc(F)c(NC(=O)N2CCO[C@@H](C(F)(F)F)C2)cc1-c1cc(-c2cnn(C)c2)nc(N2CCOCC2)c1.Cl.FC(F)(F)[C@H]1CCCCO1. The van der Waals surface area contributed by atoms with Crippen LogP contribution in [0.4, 0.5) is 62.9 Å². The Bertz CT molecular complexity index is 2960. The summed E-state index contributed by atoms with van der Waals surface area (Å²) in [5.41, 5.74) is 13.7. The molecule has 0 radical (unpaired) electrons. The number of urea groups is 1. The van der Waals surface area contributed by atoms with E-state index in [1.165, 1.54) is 18.2 Å². The Kier molecular flexibility index (Phi) is 19.0. The van der Waals surface area contributed by atoms with Crippen LogP contribution in [-0.2, 0) is 33.0 Å². The average molecular weight is 1110 g/mol. The lowest BCUT2D eigenvalue weighted by molar-refractivity contribution is -0.233. The first-order valence-corrected chi connectivity index (χ1v) is 24.7. The molecular formula is C52H60ClF8N11O5. The lowest BCUT2D eigenvalue weighted by atomic mass is 9.98. The number of aryl methyl sites for hydroxylation is 4. The summed E-state index contributed by atoms with van der Waals surface area (Å²) >= 11 is 0. The van der Waals surface area contributed by atoms with Gasteiger partial charge in [-0.25, -0.2) is 23.5 Å². The van der Waals surface area contributed by atoms with Gasteiger partial charge in [0.1, 0.15) is 23.3 Å². The van der Waals surface area contributed by atoms with E-state index in [2.05, 4.69) is 30.1 Å². The third kappa shape index (κ3) is 14.9. The van der Waals surface area contributed by atoms with E-state index in [9.17, 15) is 39.9 Å². The van der Waals surface area contributed by atoms with Gasteiger partial charge >= 0.3 is 18.4 Å². The van der Waals surface area contributed by atoms with Crippen molar-refractivity contribution >= 4 is 41.4 Å². The van der Waals surface area contributed by atoms with E-state index in [0.29, 0.717) is 62.8 Å². The number of hydrogen-bond acceptors (Lipinski definition) is 12. The first-order chi connectivity index (χ1) is 36.2. The highest BCUT2D eigenvalue weighted by atomic mass is 35.5. The van der Waals surface area contributed by atoms with Gasteiger partial charge in [-0.2, -0.15) is 36.5 Å². The maximum Gasteiger partial charge on any atom is 0.416 e. The molecule has 4 saturated heterocycles. The number of nitrogens with one attached hydrogen (secondary N) is 1. The van der Waals surface area contributed by atoms with Crippen molar-refractivity contribution < 1.29 is 58.9 Å². The zero-order valence-electron chi connectivity index (χ0n) is 42.8. The fraction of sp³-hybridized carbons (Fsp3) is 0.442. The zero-order valence-corrected chi connectivity index (χ0v) is 43.6. The minimum absolute atomic E-state index is 0. The maximum absolute atomic E-state index is 15.0. The molecule has 0 aliphatic carbocycles. The van der Waals surface area contributed by atoms with Crippen LogP contribution < -0.4 is 20.9 Å². The summed E-state index contributed by atoms with van der Waals surface area (Å²) in [4.78, 5) is 27.8. The van der Waals surface area contributed by atoms with Crippen LogP contribution in [-0.4, -0.2) is 144 Å². The molecule has 0 unspecified atom stereocenters. The first-order valence-electron chi connectivity index (χ1n) is 24.7. The quantitative estimate of drug-likeness (QED) is 0.115. The second-order valence-corrected chi connectivity index (χ2v) is 18.7. The number of halogens is 9. The largest absolute Gasteiger partial charge is 0.416 e. The van der Waals surface area contributed by atoms with E-state index in [4.69, 9.17) is 29.9 Å². The summed E-state index contributed by atoms with van der Waals surface area (Å²) < 4.78 is 127. The lowest BCUT2D eigenvalue weighted by Gasteiger charge is -2.33. The second kappa shape index (κ2) is 25.2. The highest BCUT2D eigenvalue weighted by Crippen LogP contribution is 2.36. The summed E-state index contributed by atoms with van der Waals surface area (Å²) in [7, 11) is 3.68. The minimum Gasteiger partial charge on any atom is -0.396 e. The fourth-order valence-electron chi connectivity index (χ4n) is 8.96. The Morgan fingerprint density at radius 3 is 1.57 bits per heavy atom. The lowest BCUT2D eigenvalue weighted by Crippen LogP contribution is -2.52. The number of hydrogen-bond donors (Lipinski definition) is 2. The smallest absolute Gasteiger partial charge is 0.396 e. The topological polar surface area (TPSA) is 163 Å². The van der Waals surface area contributed by atoms with Gasteiger partial charge in [0, 0.05) is 76.9 Å². The van der Waals surface area contributed by atoms with Gasteiger partial charge in [-0.1, -0.05) is 0 Å². The Morgan fingerprint density at radius 2 is 1.12 bits per heavy atom. The number of carbonyl (C=O) groups is 1. The number of nitrogen functional groups attached to an aromatic ring is 1. The third-order valence-electron chi connectivity index (χ3n) is 13.1. The van der Waals surface area contributed by atoms with Crippen LogP contribution in [0.25, 0.3) is 44.8 Å². The third-order valence-corrected chi connectivity index (χ3v) is 13.1. The second-order valence-electron chi connectivity index (χ2n) is 18.7. The Hall–Kier alpha value is -6.60. The highest BCUT2D eigenvalue weighted by molar-refractivity contribution is 5.91. The summed E-state index contributed by atoms with van der Waals surface area (Å²) in [5, 5.41) is 10.9. The van der Waals surface area contributed by atoms with Crippen LogP contribution in [0.2, 0.25) is 0 Å². The van der Waals surface area contributed by atoms with E-state index in [0.717, 1.165) is 75.1 Å². The number of alkyl halides is 6. The van der Waals surface area contributed by atoms with Crippen LogP contribution in [0.1, 0.15) is 30.4 Å². The molecule has 4 aliphatic rings. The van der Waals surface area contributed by atoms with E-state index >= 15 is 0 Å². The zero-order chi connectivity index (χ0) is 54.3. The molecule has 0 bridgehead atoms. The van der Waals surface area contributed by atoms with E-state index in [1.807, 2.05) is 50.6 Å². The van der Waals surface area contributed by atoms with Crippen LogP contribution in [0.3, 0.4) is 0 Å². The van der Waals surface area contributed by atoms with Crippen molar-refractivity contribution in [3.05, 3.63) is 96.1 Å². The molecule has 4 fully saturated rings. The molecule has 10 rings (SSSR count). The summed E-state index contributed by atoms with van der Waals surface area (Å²) in [6, 6.07) is 12.9. The standard InChI is InChI=1S/C26H28F4N6O3.C20H22FN5O.C6H9F3O.ClH/c1-16-9-20(27)22(33-25(37)36-5-8-39-23(15-36)26(28,29)30)12-19(16)17-10-21(18-13-31-34(2)14-18)32-24(11-17)35-3-6-38-7-4-35;1-13-7-17(21)18(22)10-16(13)14-8-19(15-11-23-25(2)12-15)24-20(9-14)26-3-5-27-6-4-26;7-6(8,9)5-3-1-2-4-10-5;/h9-14,23H,3-8,15H2,1-2H3,(H,33,37);7-12H,3-6,22H2,1-2H3;5H,1-4H2;1H/t23-;;5-;/m1.1./s1.